The van der Waals surface area contributed by atoms with Crippen LogP contribution in [-0.4, -0.2) is 51.9 Å². The SMILES string of the molecule is CON=C(C)c1ccc(N2CCOCC2)cc1.CON=C(C)c1cccc(C)c1. The standard InChI is InChI=1S/C13H18N2O2.C10H13NO/c1-11(14-16-2)12-3-5-13(6-4-12)15-7-9-17-10-8-15;1-8-5-4-6-10(7-8)9(2)11-12-3/h3-6H,7-10H2,1-2H3;4-7H,1-3H3. The summed E-state index contributed by atoms with van der Waals surface area (Å²) in [5.41, 5.74) is 6.46. The Balaban J connectivity index is 0.000000221. The molecule has 0 unspecified atom stereocenters. The number of morpholine rings is 1. The molecule has 0 aliphatic carbocycles. The van der Waals surface area contributed by atoms with Crippen molar-refractivity contribution in [2.75, 3.05) is 45.4 Å². The smallest absolute Gasteiger partial charge is 0.106 e. The molecule has 0 atom stereocenters. The molecule has 1 saturated heterocycles. The Morgan fingerprint density at radius 3 is 2.00 bits per heavy atom. The van der Waals surface area contributed by atoms with Gasteiger partial charge in [0.1, 0.15) is 14.2 Å². The number of nitrogens with zero attached hydrogens (tertiary/aromatic N) is 3. The highest BCUT2D eigenvalue weighted by Gasteiger charge is 2.10. The number of aryl methyl sites for hydroxylation is 1. The van der Waals surface area contributed by atoms with E-state index in [-0.39, 0.29) is 0 Å². The summed E-state index contributed by atoms with van der Waals surface area (Å²) in [4.78, 5) is 11.8. The zero-order chi connectivity index (χ0) is 21.1. The van der Waals surface area contributed by atoms with Gasteiger partial charge in [-0.2, -0.15) is 0 Å². The number of hydrogen-bond acceptors (Lipinski definition) is 6. The van der Waals surface area contributed by atoms with Crippen molar-refractivity contribution in [3.63, 3.8) is 0 Å². The van der Waals surface area contributed by atoms with Crippen LogP contribution in [0, 0.1) is 6.92 Å². The largest absolute Gasteiger partial charge is 0.399 e. The second-order valence-corrected chi connectivity index (χ2v) is 6.73. The molecule has 0 spiro atoms. The van der Waals surface area contributed by atoms with Gasteiger partial charge in [0.15, 0.2) is 0 Å². The summed E-state index contributed by atoms with van der Waals surface area (Å²) in [5, 5.41) is 7.77. The molecule has 0 bridgehead atoms. The molecule has 156 valence electrons. The van der Waals surface area contributed by atoms with E-state index in [0.29, 0.717) is 0 Å². The molecule has 0 saturated carbocycles. The van der Waals surface area contributed by atoms with Gasteiger partial charge in [0, 0.05) is 18.8 Å². The second-order valence-electron chi connectivity index (χ2n) is 6.73. The molecule has 29 heavy (non-hydrogen) atoms. The van der Waals surface area contributed by atoms with E-state index in [2.05, 4.69) is 63.4 Å². The van der Waals surface area contributed by atoms with Crippen LogP contribution in [0.5, 0.6) is 0 Å². The fourth-order valence-electron chi connectivity index (χ4n) is 2.98. The lowest BCUT2D eigenvalue weighted by molar-refractivity contribution is 0.122. The van der Waals surface area contributed by atoms with Crippen molar-refractivity contribution >= 4 is 17.1 Å². The summed E-state index contributed by atoms with van der Waals surface area (Å²) in [5.74, 6) is 0. The van der Waals surface area contributed by atoms with E-state index in [9.17, 15) is 0 Å². The fraction of sp³-hybridized carbons (Fsp3) is 0.391. The zero-order valence-electron chi connectivity index (χ0n) is 18.0. The van der Waals surface area contributed by atoms with Gasteiger partial charge in [0.05, 0.1) is 24.6 Å². The first-order valence-electron chi connectivity index (χ1n) is 9.71. The number of rotatable bonds is 5. The number of hydrogen-bond donors (Lipinski definition) is 0. The highest BCUT2D eigenvalue weighted by atomic mass is 16.6. The van der Waals surface area contributed by atoms with Crippen LogP contribution < -0.4 is 4.90 Å². The average Bonchev–Trinajstić information content (AvgIpc) is 2.75. The zero-order valence-corrected chi connectivity index (χ0v) is 18.0. The monoisotopic (exact) mass is 397 g/mol. The molecule has 1 heterocycles. The fourth-order valence-corrected chi connectivity index (χ4v) is 2.98. The molecule has 6 nitrogen and oxygen atoms in total. The van der Waals surface area contributed by atoms with Crippen molar-refractivity contribution in [3.8, 4) is 0 Å². The molecule has 0 N–H and O–H groups in total. The first-order valence-corrected chi connectivity index (χ1v) is 9.71. The van der Waals surface area contributed by atoms with E-state index in [1.807, 2.05) is 26.0 Å². The Bertz CT molecular complexity index is 810. The number of benzene rings is 2. The molecule has 0 amide bonds. The van der Waals surface area contributed by atoms with Gasteiger partial charge in [0.2, 0.25) is 0 Å². The maximum absolute atomic E-state index is 5.34. The molecular weight excluding hydrogens is 366 g/mol. The minimum Gasteiger partial charge on any atom is -0.399 e. The summed E-state index contributed by atoms with van der Waals surface area (Å²) < 4.78 is 5.34. The van der Waals surface area contributed by atoms with Gasteiger partial charge in [-0.3, -0.25) is 0 Å². The summed E-state index contributed by atoms with van der Waals surface area (Å²) in [6.45, 7) is 9.47. The summed E-state index contributed by atoms with van der Waals surface area (Å²) in [6.07, 6.45) is 0. The first-order chi connectivity index (χ1) is 14.0. The number of ether oxygens (including phenoxy) is 1. The Kier molecular flexibility index (Phi) is 9.18. The van der Waals surface area contributed by atoms with E-state index >= 15 is 0 Å². The molecule has 0 aromatic heterocycles. The van der Waals surface area contributed by atoms with Crippen LogP contribution >= 0.6 is 0 Å². The molecular formula is C23H31N3O3. The van der Waals surface area contributed by atoms with Gasteiger partial charge in [-0.05, 0) is 44.0 Å². The minimum atomic E-state index is 0.811. The van der Waals surface area contributed by atoms with Crippen molar-refractivity contribution in [2.24, 2.45) is 10.3 Å². The number of oxime groups is 2. The van der Waals surface area contributed by atoms with Gasteiger partial charge in [-0.25, -0.2) is 0 Å². The molecule has 3 rings (SSSR count). The summed E-state index contributed by atoms with van der Waals surface area (Å²) >= 11 is 0. The third-order valence-corrected chi connectivity index (χ3v) is 4.55. The predicted octanol–water partition coefficient (Wildman–Crippen LogP) is 4.26. The topological polar surface area (TPSA) is 55.7 Å². The van der Waals surface area contributed by atoms with Crippen LogP contribution in [0.1, 0.15) is 30.5 Å². The summed E-state index contributed by atoms with van der Waals surface area (Å²) in [6, 6.07) is 16.6. The molecule has 0 radical (unpaired) electrons. The molecule has 6 heteroatoms. The maximum Gasteiger partial charge on any atom is 0.106 e. The van der Waals surface area contributed by atoms with Crippen LogP contribution in [0.3, 0.4) is 0 Å². The number of anilines is 1. The van der Waals surface area contributed by atoms with Crippen molar-refractivity contribution in [2.45, 2.75) is 20.8 Å². The normalized spacial score (nSPS) is 14.7. The predicted molar refractivity (Wildman–Crippen MR) is 119 cm³/mol. The van der Waals surface area contributed by atoms with Gasteiger partial charge < -0.3 is 19.3 Å². The lowest BCUT2D eigenvalue weighted by Crippen LogP contribution is -2.36. The van der Waals surface area contributed by atoms with Crippen LogP contribution in [0.15, 0.2) is 58.8 Å². The van der Waals surface area contributed by atoms with Crippen LogP contribution in [0.4, 0.5) is 5.69 Å². The molecule has 1 aliphatic heterocycles. The third-order valence-electron chi connectivity index (χ3n) is 4.55. The lowest BCUT2D eigenvalue weighted by atomic mass is 10.1. The molecule has 2 aromatic rings. The third kappa shape index (κ3) is 7.23. The maximum atomic E-state index is 5.34. The highest BCUT2D eigenvalue weighted by Crippen LogP contribution is 2.17. The van der Waals surface area contributed by atoms with Gasteiger partial charge >= 0.3 is 0 Å². The first kappa shape index (κ1) is 22.4. The van der Waals surface area contributed by atoms with E-state index in [4.69, 9.17) is 9.57 Å². The van der Waals surface area contributed by atoms with Crippen molar-refractivity contribution in [3.05, 3.63) is 65.2 Å². The van der Waals surface area contributed by atoms with Crippen molar-refractivity contribution in [1.29, 1.82) is 0 Å². The molecule has 1 fully saturated rings. The van der Waals surface area contributed by atoms with Crippen molar-refractivity contribution in [1.82, 2.24) is 0 Å². The van der Waals surface area contributed by atoms with Crippen molar-refractivity contribution < 1.29 is 14.4 Å². The quantitative estimate of drug-likeness (QED) is 0.559. The molecule has 1 aliphatic rings. The Labute approximate surface area is 173 Å². The second kappa shape index (κ2) is 11.9. The van der Waals surface area contributed by atoms with E-state index in [0.717, 1.165) is 48.9 Å². The Morgan fingerprint density at radius 2 is 1.45 bits per heavy atom. The van der Waals surface area contributed by atoms with E-state index < -0.39 is 0 Å². The van der Waals surface area contributed by atoms with Crippen LogP contribution in [0.25, 0.3) is 0 Å². The Morgan fingerprint density at radius 1 is 0.862 bits per heavy atom. The summed E-state index contributed by atoms with van der Waals surface area (Å²) in [7, 11) is 3.12. The van der Waals surface area contributed by atoms with Crippen LogP contribution in [-0.2, 0) is 14.4 Å². The van der Waals surface area contributed by atoms with Gasteiger partial charge in [-0.15, -0.1) is 0 Å². The average molecular weight is 398 g/mol. The highest BCUT2D eigenvalue weighted by molar-refractivity contribution is 5.99. The lowest BCUT2D eigenvalue weighted by Gasteiger charge is -2.28. The minimum absolute atomic E-state index is 0.811. The van der Waals surface area contributed by atoms with E-state index in [1.54, 1.807) is 14.2 Å². The van der Waals surface area contributed by atoms with Gasteiger partial charge in [0.25, 0.3) is 0 Å². The Hall–Kier alpha value is -2.86. The molecule has 2 aromatic carbocycles. The van der Waals surface area contributed by atoms with E-state index in [1.165, 1.54) is 11.3 Å². The van der Waals surface area contributed by atoms with Crippen LogP contribution in [0.2, 0.25) is 0 Å². The van der Waals surface area contributed by atoms with Gasteiger partial charge in [-0.1, -0.05) is 52.3 Å².